The minimum atomic E-state index is -0.475. The van der Waals surface area contributed by atoms with Crippen molar-refractivity contribution in [3.63, 3.8) is 0 Å². The third-order valence-corrected chi connectivity index (χ3v) is 4.46. The number of aromatic nitrogens is 2. The van der Waals surface area contributed by atoms with Gasteiger partial charge in [0.15, 0.2) is 0 Å². The molecule has 128 valence electrons. The minimum absolute atomic E-state index is 0.418. The molecule has 0 atom stereocenters. The Bertz CT molecular complexity index is 985. The molecular formula is C21H22N2O2. The topological polar surface area (TPSA) is 44.0 Å². The Kier molecular flexibility index (Phi) is 4.98. The van der Waals surface area contributed by atoms with E-state index in [9.17, 15) is 9.59 Å². The first-order valence-corrected chi connectivity index (χ1v) is 8.44. The molecule has 1 aromatic heterocycles. The van der Waals surface area contributed by atoms with Crippen LogP contribution in [0.25, 0.3) is 0 Å². The predicted octanol–water partition coefficient (Wildman–Crippen LogP) is 2.92. The summed E-state index contributed by atoms with van der Waals surface area (Å²) < 4.78 is 2.98. The Morgan fingerprint density at radius 3 is 2.28 bits per heavy atom. The van der Waals surface area contributed by atoms with Gasteiger partial charge in [0.25, 0.3) is 0 Å². The molecule has 0 bridgehead atoms. The summed E-state index contributed by atoms with van der Waals surface area (Å²) in [6.45, 7) is 4.96. The van der Waals surface area contributed by atoms with Crippen LogP contribution in [0.15, 0.2) is 70.5 Å². The second kappa shape index (κ2) is 7.34. The maximum atomic E-state index is 12.4. The lowest BCUT2D eigenvalue weighted by molar-refractivity contribution is 0.621. The molecule has 0 aliphatic heterocycles. The number of rotatable bonds is 5. The molecular weight excluding hydrogens is 312 g/mol. The highest BCUT2D eigenvalue weighted by atomic mass is 16.2. The molecule has 0 aliphatic carbocycles. The summed E-state index contributed by atoms with van der Waals surface area (Å²) in [6.07, 6.45) is 4.13. The summed E-state index contributed by atoms with van der Waals surface area (Å²) in [5.41, 5.74) is 3.52. The van der Waals surface area contributed by atoms with E-state index in [4.69, 9.17) is 0 Å². The van der Waals surface area contributed by atoms with Gasteiger partial charge in [-0.05, 0) is 37.0 Å². The molecule has 25 heavy (non-hydrogen) atoms. The van der Waals surface area contributed by atoms with Crippen molar-refractivity contribution in [2.24, 2.45) is 0 Å². The number of hydrogen-bond donors (Lipinski definition) is 0. The predicted molar refractivity (Wildman–Crippen MR) is 100 cm³/mol. The van der Waals surface area contributed by atoms with Crippen LogP contribution in [0.3, 0.4) is 0 Å². The molecule has 0 unspecified atom stereocenters. The van der Waals surface area contributed by atoms with E-state index < -0.39 is 11.1 Å². The summed E-state index contributed by atoms with van der Waals surface area (Å²) >= 11 is 0. The molecule has 2 aromatic carbocycles. The zero-order valence-electron chi connectivity index (χ0n) is 14.6. The van der Waals surface area contributed by atoms with Crippen molar-refractivity contribution >= 4 is 0 Å². The Labute approximate surface area is 147 Å². The third kappa shape index (κ3) is 3.97. The van der Waals surface area contributed by atoms with Gasteiger partial charge in [-0.1, -0.05) is 54.1 Å². The molecule has 0 saturated heterocycles. The quantitative estimate of drug-likeness (QED) is 0.674. The molecule has 0 spiro atoms. The SMILES string of the molecule is Cc1ccc(C)c(Cn2ccn(CCc3ccccc3)c(=O)c2=O)c1. The van der Waals surface area contributed by atoms with E-state index >= 15 is 0 Å². The highest BCUT2D eigenvalue weighted by Crippen LogP contribution is 2.11. The molecule has 4 nitrogen and oxygen atoms in total. The first-order valence-electron chi connectivity index (χ1n) is 8.44. The van der Waals surface area contributed by atoms with E-state index in [-0.39, 0.29) is 0 Å². The van der Waals surface area contributed by atoms with Gasteiger partial charge in [-0.3, -0.25) is 9.59 Å². The molecule has 0 amide bonds. The smallest absolute Gasteiger partial charge is 0.309 e. The van der Waals surface area contributed by atoms with Crippen LogP contribution in [0.2, 0.25) is 0 Å². The lowest BCUT2D eigenvalue weighted by Gasteiger charge is -2.11. The maximum Gasteiger partial charge on any atom is 0.316 e. The Morgan fingerprint density at radius 2 is 1.52 bits per heavy atom. The van der Waals surface area contributed by atoms with Crippen LogP contribution in [0, 0.1) is 13.8 Å². The van der Waals surface area contributed by atoms with Crippen LogP contribution >= 0.6 is 0 Å². The normalized spacial score (nSPS) is 10.8. The highest BCUT2D eigenvalue weighted by Gasteiger charge is 2.07. The van der Waals surface area contributed by atoms with Crippen molar-refractivity contribution in [1.29, 1.82) is 0 Å². The van der Waals surface area contributed by atoms with Gasteiger partial charge in [0.05, 0.1) is 6.54 Å². The first-order chi connectivity index (χ1) is 12.0. The van der Waals surface area contributed by atoms with E-state index in [0.29, 0.717) is 13.1 Å². The highest BCUT2D eigenvalue weighted by molar-refractivity contribution is 5.30. The molecule has 0 aliphatic rings. The van der Waals surface area contributed by atoms with Crippen LogP contribution in [0.5, 0.6) is 0 Å². The van der Waals surface area contributed by atoms with Gasteiger partial charge in [0.2, 0.25) is 0 Å². The number of benzene rings is 2. The number of hydrogen-bond acceptors (Lipinski definition) is 2. The van der Waals surface area contributed by atoms with Crippen molar-refractivity contribution in [2.75, 3.05) is 0 Å². The largest absolute Gasteiger partial charge is 0.316 e. The van der Waals surface area contributed by atoms with Crippen molar-refractivity contribution in [2.45, 2.75) is 33.4 Å². The van der Waals surface area contributed by atoms with Crippen LogP contribution in [0.4, 0.5) is 0 Å². The molecule has 1 heterocycles. The molecule has 0 N–H and O–H groups in total. The van der Waals surface area contributed by atoms with Gasteiger partial charge >= 0.3 is 11.1 Å². The Balaban J connectivity index is 1.82. The van der Waals surface area contributed by atoms with Gasteiger partial charge in [0, 0.05) is 18.9 Å². The molecule has 4 heteroatoms. The molecule has 0 fully saturated rings. The lowest BCUT2D eigenvalue weighted by atomic mass is 10.1. The first kappa shape index (κ1) is 17.0. The fourth-order valence-electron chi connectivity index (χ4n) is 2.89. The van der Waals surface area contributed by atoms with E-state index in [2.05, 4.69) is 6.07 Å². The Hall–Kier alpha value is -2.88. The number of aryl methyl sites for hydroxylation is 4. The fraction of sp³-hybridized carbons (Fsp3) is 0.238. The third-order valence-electron chi connectivity index (χ3n) is 4.46. The van der Waals surface area contributed by atoms with Crippen molar-refractivity contribution in [3.8, 4) is 0 Å². The van der Waals surface area contributed by atoms with Crippen molar-refractivity contribution in [3.05, 3.63) is 104 Å². The van der Waals surface area contributed by atoms with E-state index in [1.165, 1.54) is 9.13 Å². The van der Waals surface area contributed by atoms with Gasteiger partial charge in [-0.2, -0.15) is 0 Å². The molecule has 0 radical (unpaired) electrons. The van der Waals surface area contributed by atoms with Crippen molar-refractivity contribution < 1.29 is 0 Å². The molecule has 3 rings (SSSR count). The maximum absolute atomic E-state index is 12.4. The summed E-state index contributed by atoms with van der Waals surface area (Å²) in [5, 5.41) is 0. The summed E-state index contributed by atoms with van der Waals surface area (Å²) in [4.78, 5) is 24.8. The second-order valence-electron chi connectivity index (χ2n) is 6.40. The second-order valence-corrected chi connectivity index (χ2v) is 6.40. The van der Waals surface area contributed by atoms with Crippen LogP contribution in [0.1, 0.15) is 22.3 Å². The van der Waals surface area contributed by atoms with Crippen LogP contribution < -0.4 is 11.1 Å². The van der Waals surface area contributed by atoms with E-state index in [1.54, 1.807) is 12.4 Å². The van der Waals surface area contributed by atoms with Gasteiger partial charge in [-0.15, -0.1) is 0 Å². The van der Waals surface area contributed by atoms with Crippen LogP contribution in [-0.4, -0.2) is 9.13 Å². The monoisotopic (exact) mass is 334 g/mol. The summed E-state index contributed by atoms with van der Waals surface area (Å²) in [7, 11) is 0. The standard InChI is InChI=1S/C21H22N2O2/c1-16-8-9-17(2)19(14-16)15-23-13-12-22(20(24)21(23)25)11-10-18-6-4-3-5-7-18/h3-9,12-14H,10-11,15H2,1-2H3. The minimum Gasteiger partial charge on any atom is -0.309 e. The number of nitrogens with zero attached hydrogens (tertiary/aromatic N) is 2. The Morgan fingerprint density at radius 1 is 0.840 bits per heavy atom. The van der Waals surface area contributed by atoms with Gasteiger partial charge in [-0.25, -0.2) is 0 Å². The van der Waals surface area contributed by atoms with Gasteiger partial charge < -0.3 is 9.13 Å². The zero-order valence-corrected chi connectivity index (χ0v) is 14.6. The van der Waals surface area contributed by atoms with Gasteiger partial charge in [0.1, 0.15) is 0 Å². The van der Waals surface area contributed by atoms with Crippen LogP contribution in [-0.2, 0) is 19.5 Å². The lowest BCUT2D eigenvalue weighted by Crippen LogP contribution is -2.41. The van der Waals surface area contributed by atoms with Crippen molar-refractivity contribution in [1.82, 2.24) is 9.13 Å². The van der Waals surface area contributed by atoms with E-state index in [0.717, 1.165) is 28.7 Å². The molecule has 3 aromatic rings. The summed E-state index contributed by atoms with van der Waals surface area (Å²) in [5.74, 6) is 0. The zero-order chi connectivity index (χ0) is 17.8. The summed E-state index contributed by atoms with van der Waals surface area (Å²) in [6, 6.07) is 16.1. The average Bonchev–Trinajstić information content (AvgIpc) is 2.62. The fourth-order valence-corrected chi connectivity index (χ4v) is 2.89. The average molecular weight is 334 g/mol. The molecule has 0 saturated carbocycles. The van der Waals surface area contributed by atoms with E-state index in [1.807, 2.05) is 56.3 Å².